The summed E-state index contributed by atoms with van der Waals surface area (Å²) in [5, 5.41) is 15.0. The van der Waals surface area contributed by atoms with Crippen LogP contribution in [0.15, 0.2) is 48.5 Å². The van der Waals surface area contributed by atoms with Crippen molar-refractivity contribution in [3.8, 4) is 5.75 Å². The number of hydrogen-bond donors (Lipinski definition) is 2. The Morgan fingerprint density at radius 2 is 1.79 bits per heavy atom. The van der Waals surface area contributed by atoms with Gasteiger partial charge in [-0.15, -0.1) is 10.2 Å². The molecule has 1 aliphatic rings. The summed E-state index contributed by atoms with van der Waals surface area (Å²) in [6, 6.07) is 14.8. The van der Waals surface area contributed by atoms with E-state index in [1.165, 1.54) is 18.3 Å². The van der Waals surface area contributed by atoms with E-state index in [0.717, 1.165) is 22.7 Å². The third kappa shape index (κ3) is 5.76. The summed E-state index contributed by atoms with van der Waals surface area (Å²) in [6.07, 6.45) is 1.64. The SMILES string of the molecule is COc1ccc(CCc2nnc(NC(=O)C3CC(=O)N(c4ccc(NC(C)=O)cc4)C3)s2)cc1. The van der Waals surface area contributed by atoms with E-state index in [0.29, 0.717) is 22.9 Å². The van der Waals surface area contributed by atoms with Crippen LogP contribution < -0.4 is 20.3 Å². The van der Waals surface area contributed by atoms with Gasteiger partial charge in [-0.2, -0.15) is 0 Å². The summed E-state index contributed by atoms with van der Waals surface area (Å²) in [6.45, 7) is 1.72. The molecule has 4 rings (SSSR count). The van der Waals surface area contributed by atoms with Crippen LogP contribution in [0, 0.1) is 5.92 Å². The van der Waals surface area contributed by atoms with Gasteiger partial charge in [0.15, 0.2) is 0 Å². The molecule has 1 unspecified atom stereocenters. The van der Waals surface area contributed by atoms with Gasteiger partial charge in [-0.05, 0) is 48.4 Å². The normalized spacial score (nSPS) is 15.3. The zero-order valence-electron chi connectivity index (χ0n) is 18.9. The van der Waals surface area contributed by atoms with Crippen molar-refractivity contribution in [2.24, 2.45) is 5.92 Å². The summed E-state index contributed by atoms with van der Waals surface area (Å²) in [7, 11) is 1.64. The van der Waals surface area contributed by atoms with Crippen LogP contribution >= 0.6 is 11.3 Å². The third-order valence-corrected chi connectivity index (χ3v) is 6.38. The Bertz CT molecular complexity index is 1180. The molecule has 2 aromatic carbocycles. The van der Waals surface area contributed by atoms with Gasteiger partial charge in [-0.3, -0.25) is 14.4 Å². The van der Waals surface area contributed by atoms with E-state index in [4.69, 9.17) is 4.74 Å². The van der Waals surface area contributed by atoms with E-state index >= 15 is 0 Å². The molecule has 2 N–H and O–H groups in total. The van der Waals surface area contributed by atoms with Gasteiger partial charge in [0, 0.05) is 37.7 Å². The van der Waals surface area contributed by atoms with Crippen LogP contribution in [-0.2, 0) is 27.2 Å². The highest BCUT2D eigenvalue weighted by Gasteiger charge is 2.35. The van der Waals surface area contributed by atoms with Crippen molar-refractivity contribution in [2.45, 2.75) is 26.2 Å². The molecule has 9 nitrogen and oxygen atoms in total. The molecule has 1 aliphatic heterocycles. The lowest BCUT2D eigenvalue weighted by Gasteiger charge is -2.17. The first-order chi connectivity index (χ1) is 16.4. The molecule has 0 bridgehead atoms. The second-order valence-corrected chi connectivity index (χ2v) is 9.03. The zero-order valence-corrected chi connectivity index (χ0v) is 19.7. The first kappa shape index (κ1) is 23.4. The monoisotopic (exact) mass is 479 g/mol. The van der Waals surface area contributed by atoms with Crippen LogP contribution in [0.5, 0.6) is 5.75 Å². The summed E-state index contributed by atoms with van der Waals surface area (Å²) in [5.74, 6) is -0.194. The van der Waals surface area contributed by atoms with Crippen molar-refractivity contribution in [3.63, 3.8) is 0 Å². The molecule has 10 heteroatoms. The maximum Gasteiger partial charge on any atom is 0.231 e. The number of aryl methyl sites for hydroxylation is 2. The molecule has 0 saturated carbocycles. The second kappa shape index (κ2) is 10.4. The van der Waals surface area contributed by atoms with Crippen LogP contribution in [-0.4, -0.2) is 41.6 Å². The molecule has 34 heavy (non-hydrogen) atoms. The molecular formula is C24H25N5O4S. The second-order valence-electron chi connectivity index (χ2n) is 7.97. The molecule has 3 aromatic rings. The van der Waals surface area contributed by atoms with E-state index in [2.05, 4.69) is 20.8 Å². The fourth-order valence-electron chi connectivity index (χ4n) is 3.72. The highest BCUT2D eigenvalue weighted by molar-refractivity contribution is 7.15. The number of rotatable bonds is 8. The molecule has 2 heterocycles. The molecule has 0 aliphatic carbocycles. The predicted molar refractivity (Wildman–Crippen MR) is 130 cm³/mol. The van der Waals surface area contributed by atoms with Crippen molar-refractivity contribution in [1.82, 2.24) is 10.2 Å². The van der Waals surface area contributed by atoms with Gasteiger partial charge in [-0.25, -0.2) is 0 Å². The van der Waals surface area contributed by atoms with Crippen LogP contribution in [0.2, 0.25) is 0 Å². The Kier molecular flexibility index (Phi) is 7.17. The van der Waals surface area contributed by atoms with Gasteiger partial charge in [-0.1, -0.05) is 23.5 Å². The number of carbonyl (C=O) groups excluding carboxylic acids is 3. The Balaban J connectivity index is 1.30. The van der Waals surface area contributed by atoms with Crippen LogP contribution in [0.1, 0.15) is 23.9 Å². The number of nitrogens with one attached hydrogen (secondary N) is 2. The highest BCUT2D eigenvalue weighted by atomic mass is 32.1. The molecule has 0 radical (unpaired) electrons. The number of aromatic nitrogens is 2. The van der Waals surface area contributed by atoms with Crippen LogP contribution in [0.4, 0.5) is 16.5 Å². The summed E-state index contributed by atoms with van der Waals surface area (Å²) >= 11 is 1.34. The minimum atomic E-state index is -0.478. The minimum absolute atomic E-state index is 0.120. The topological polar surface area (TPSA) is 114 Å². The third-order valence-electron chi connectivity index (χ3n) is 5.48. The highest BCUT2D eigenvalue weighted by Crippen LogP contribution is 2.28. The number of hydrogen-bond acceptors (Lipinski definition) is 7. The van der Waals surface area contributed by atoms with E-state index in [-0.39, 0.29) is 30.7 Å². The van der Waals surface area contributed by atoms with Crippen LogP contribution in [0.3, 0.4) is 0 Å². The molecule has 1 fully saturated rings. The molecular weight excluding hydrogens is 454 g/mol. The lowest BCUT2D eigenvalue weighted by molar-refractivity contribution is -0.122. The summed E-state index contributed by atoms with van der Waals surface area (Å²) in [5.41, 5.74) is 2.50. The van der Waals surface area contributed by atoms with Crippen molar-refractivity contribution >= 4 is 45.6 Å². The average molecular weight is 480 g/mol. The molecule has 0 spiro atoms. The molecule has 176 valence electrons. The number of methoxy groups -OCH3 is 1. The van der Waals surface area contributed by atoms with Gasteiger partial charge in [0.1, 0.15) is 10.8 Å². The van der Waals surface area contributed by atoms with Gasteiger partial charge in [0.05, 0.1) is 13.0 Å². The first-order valence-electron chi connectivity index (χ1n) is 10.9. The number of anilines is 3. The van der Waals surface area contributed by atoms with Crippen molar-refractivity contribution in [2.75, 3.05) is 29.2 Å². The van der Waals surface area contributed by atoms with Crippen molar-refractivity contribution in [3.05, 3.63) is 59.1 Å². The minimum Gasteiger partial charge on any atom is -0.497 e. The van der Waals surface area contributed by atoms with E-state index in [1.807, 2.05) is 24.3 Å². The number of ether oxygens (including phenoxy) is 1. The predicted octanol–water partition coefficient (Wildman–Crippen LogP) is 3.28. The molecule has 1 atom stereocenters. The lowest BCUT2D eigenvalue weighted by atomic mass is 10.1. The van der Waals surface area contributed by atoms with Gasteiger partial charge in [0.2, 0.25) is 22.9 Å². The van der Waals surface area contributed by atoms with Gasteiger partial charge < -0.3 is 20.3 Å². The van der Waals surface area contributed by atoms with E-state index in [9.17, 15) is 14.4 Å². The Hall–Kier alpha value is -3.79. The van der Waals surface area contributed by atoms with Gasteiger partial charge >= 0.3 is 0 Å². The largest absolute Gasteiger partial charge is 0.497 e. The van der Waals surface area contributed by atoms with Crippen LogP contribution in [0.25, 0.3) is 0 Å². The van der Waals surface area contributed by atoms with E-state index < -0.39 is 5.92 Å². The maximum atomic E-state index is 12.8. The number of amides is 3. The molecule has 3 amide bonds. The van der Waals surface area contributed by atoms with Gasteiger partial charge in [0.25, 0.3) is 0 Å². The first-order valence-corrected chi connectivity index (χ1v) is 11.7. The Morgan fingerprint density at radius 3 is 2.47 bits per heavy atom. The summed E-state index contributed by atoms with van der Waals surface area (Å²) < 4.78 is 5.17. The Morgan fingerprint density at radius 1 is 1.06 bits per heavy atom. The molecule has 1 aromatic heterocycles. The number of benzene rings is 2. The quantitative estimate of drug-likeness (QED) is 0.513. The standard InChI is InChI=1S/C24H25N5O4S/c1-15(30)25-18-6-8-19(9-7-18)29-14-17(13-22(29)31)23(32)26-24-28-27-21(34-24)12-5-16-3-10-20(33-2)11-4-16/h3-4,6-11,17H,5,12-14H2,1-2H3,(H,25,30)(H,26,28,32). The Labute approximate surface area is 201 Å². The lowest BCUT2D eigenvalue weighted by Crippen LogP contribution is -2.28. The smallest absolute Gasteiger partial charge is 0.231 e. The number of nitrogens with zero attached hydrogens (tertiary/aromatic N) is 3. The fraction of sp³-hybridized carbons (Fsp3) is 0.292. The van der Waals surface area contributed by atoms with Crippen molar-refractivity contribution in [1.29, 1.82) is 0 Å². The maximum absolute atomic E-state index is 12.8. The number of carbonyl (C=O) groups is 3. The fourth-order valence-corrected chi connectivity index (χ4v) is 4.46. The zero-order chi connectivity index (χ0) is 24.1. The van der Waals surface area contributed by atoms with E-state index in [1.54, 1.807) is 36.3 Å². The average Bonchev–Trinajstić information content (AvgIpc) is 3.44. The van der Waals surface area contributed by atoms with Crippen molar-refractivity contribution < 1.29 is 19.1 Å². The molecule has 1 saturated heterocycles. The summed E-state index contributed by atoms with van der Waals surface area (Å²) in [4.78, 5) is 38.0.